The third-order valence-corrected chi connectivity index (χ3v) is 12.9. The fraction of sp³-hybridized carbons (Fsp3) is 0.0345. The Morgan fingerprint density at radius 2 is 1.13 bits per heavy atom. The van der Waals surface area contributed by atoms with Crippen LogP contribution in [0.2, 0.25) is 0 Å². The summed E-state index contributed by atoms with van der Waals surface area (Å²) in [6.07, 6.45) is 4.35. The summed E-state index contributed by atoms with van der Waals surface area (Å²) in [5.74, 6) is 1.76. The third-order valence-electron chi connectivity index (χ3n) is 12.9. The zero-order chi connectivity index (χ0) is 40.7. The molecule has 0 radical (unpaired) electrons. The Morgan fingerprint density at radius 3 is 1.92 bits per heavy atom. The Bertz CT molecular complexity index is 3510. The first-order valence-corrected chi connectivity index (χ1v) is 21.0. The van der Waals surface area contributed by atoms with Crippen LogP contribution >= 0.6 is 0 Å². The average molecular weight is 781 g/mol. The van der Waals surface area contributed by atoms with Crippen LogP contribution in [0.5, 0.6) is 11.5 Å². The van der Waals surface area contributed by atoms with Gasteiger partial charge in [0.25, 0.3) is 0 Å². The van der Waals surface area contributed by atoms with Crippen LogP contribution in [0.25, 0.3) is 61.6 Å². The van der Waals surface area contributed by atoms with Gasteiger partial charge in [0.1, 0.15) is 11.5 Å². The number of para-hydroxylation sites is 4. The Kier molecular flexibility index (Phi) is 7.82. The largest absolute Gasteiger partial charge is 0.457 e. The SMILES string of the molecule is C=C(/C=c1/cccc/c1=C/C)n1c2ccccc2c2ccc(N(c3ccccc3)c3ccc4c(c3)C3(c5ccccc5Oc5ccccc53)c3cccc5cccc-4c35)cc21. The van der Waals surface area contributed by atoms with Crippen molar-refractivity contribution in [1.82, 2.24) is 4.57 Å². The molecular formula is C58H40N2O. The molecule has 0 fully saturated rings. The van der Waals surface area contributed by atoms with Crippen molar-refractivity contribution in [2.24, 2.45) is 0 Å². The van der Waals surface area contributed by atoms with E-state index in [-0.39, 0.29) is 0 Å². The lowest BCUT2D eigenvalue weighted by molar-refractivity contribution is 0.435. The van der Waals surface area contributed by atoms with E-state index in [1.807, 2.05) is 0 Å². The normalized spacial score (nSPS) is 13.9. The maximum atomic E-state index is 6.74. The number of benzene rings is 9. The molecule has 0 saturated carbocycles. The molecule has 3 heteroatoms. The Morgan fingerprint density at radius 1 is 0.508 bits per heavy atom. The van der Waals surface area contributed by atoms with Crippen molar-refractivity contribution in [1.29, 1.82) is 0 Å². The molecule has 2 heterocycles. The van der Waals surface area contributed by atoms with Crippen LogP contribution in [0.15, 0.2) is 207 Å². The van der Waals surface area contributed by atoms with E-state index in [1.165, 1.54) is 49.0 Å². The highest BCUT2D eigenvalue weighted by Crippen LogP contribution is 2.61. The second-order valence-electron chi connectivity index (χ2n) is 16.1. The first-order valence-electron chi connectivity index (χ1n) is 21.0. The van der Waals surface area contributed by atoms with Crippen molar-refractivity contribution >= 4 is 67.5 Å². The lowest BCUT2D eigenvalue weighted by Gasteiger charge is -2.45. The number of allylic oxidation sites excluding steroid dienone is 1. The van der Waals surface area contributed by atoms with Gasteiger partial charge in [-0.15, -0.1) is 0 Å². The summed E-state index contributed by atoms with van der Waals surface area (Å²) >= 11 is 0. The van der Waals surface area contributed by atoms with Gasteiger partial charge in [-0.05, 0) is 111 Å². The molecule has 3 nitrogen and oxygen atoms in total. The standard InChI is InChI=1S/C58H40N2O/c1-3-39-17-7-8-18-41(39)35-38(2)59-53-28-12-9-23-46(53)47-34-32-44(37-54(47)59)60(42-21-5-4-6-22-42)43-31-33-45-48-24-15-19-40-20-16-27-51(57(40)48)58(52(45)36-43)49-25-10-13-29-55(49)61-56-30-14-11-26-50(56)58/h3-37H,2H2,1H3/b39-3-,41-35-. The molecule has 1 spiro atoms. The van der Waals surface area contributed by atoms with E-state index in [0.717, 1.165) is 61.6 Å². The van der Waals surface area contributed by atoms with Crippen LogP contribution in [0.3, 0.4) is 0 Å². The zero-order valence-electron chi connectivity index (χ0n) is 33.7. The minimum Gasteiger partial charge on any atom is -0.457 e. The molecule has 9 aromatic carbocycles. The van der Waals surface area contributed by atoms with E-state index < -0.39 is 5.41 Å². The molecule has 0 saturated heterocycles. The second-order valence-corrected chi connectivity index (χ2v) is 16.1. The molecule has 0 bridgehead atoms. The highest BCUT2D eigenvalue weighted by molar-refractivity contribution is 6.12. The fourth-order valence-electron chi connectivity index (χ4n) is 10.4. The van der Waals surface area contributed by atoms with Gasteiger partial charge >= 0.3 is 0 Å². The number of hydrogen-bond donors (Lipinski definition) is 0. The maximum absolute atomic E-state index is 6.74. The Balaban J connectivity index is 1.14. The van der Waals surface area contributed by atoms with Gasteiger partial charge in [-0.2, -0.15) is 0 Å². The van der Waals surface area contributed by atoms with Crippen LogP contribution < -0.4 is 20.1 Å². The van der Waals surface area contributed by atoms with Gasteiger partial charge < -0.3 is 14.2 Å². The lowest BCUT2D eigenvalue weighted by atomic mass is 9.58. The van der Waals surface area contributed by atoms with Gasteiger partial charge in [-0.1, -0.05) is 158 Å². The van der Waals surface area contributed by atoms with E-state index in [2.05, 4.69) is 229 Å². The van der Waals surface area contributed by atoms with Crippen LogP contribution in [0.4, 0.5) is 17.1 Å². The molecule has 0 atom stereocenters. The molecule has 0 amide bonds. The molecule has 61 heavy (non-hydrogen) atoms. The second kappa shape index (κ2) is 13.6. The summed E-state index contributed by atoms with van der Waals surface area (Å²) in [5, 5.41) is 7.21. The molecule has 10 aromatic rings. The maximum Gasteiger partial charge on any atom is 0.132 e. The predicted molar refractivity (Wildman–Crippen MR) is 255 cm³/mol. The first kappa shape index (κ1) is 35.1. The molecule has 2 aliphatic rings. The van der Waals surface area contributed by atoms with Crippen molar-refractivity contribution in [3.8, 4) is 22.6 Å². The molecule has 1 aliphatic heterocycles. The third kappa shape index (κ3) is 5.11. The number of aromatic nitrogens is 1. The Hall–Kier alpha value is -7.88. The van der Waals surface area contributed by atoms with Gasteiger partial charge in [0, 0.05) is 44.7 Å². The summed E-state index contributed by atoms with van der Waals surface area (Å²) in [6, 6.07) is 72.6. The minimum atomic E-state index is -0.650. The smallest absolute Gasteiger partial charge is 0.132 e. The number of fused-ring (bicyclic) bond motifs is 11. The summed E-state index contributed by atoms with van der Waals surface area (Å²) < 4.78 is 9.06. The number of hydrogen-bond acceptors (Lipinski definition) is 2. The number of rotatable bonds is 5. The first-order chi connectivity index (χ1) is 30.1. The highest BCUT2D eigenvalue weighted by atomic mass is 16.5. The quantitative estimate of drug-likeness (QED) is 0.173. The van der Waals surface area contributed by atoms with Gasteiger partial charge in [0.05, 0.1) is 16.4 Å². The number of ether oxygens (including phenoxy) is 1. The van der Waals surface area contributed by atoms with Gasteiger partial charge in [-0.25, -0.2) is 0 Å². The molecule has 1 aliphatic carbocycles. The Labute approximate surface area is 354 Å². The topological polar surface area (TPSA) is 17.4 Å². The van der Waals surface area contributed by atoms with Crippen LogP contribution in [-0.2, 0) is 5.41 Å². The van der Waals surface area contributed by atoms with Crippen molar-refractivity contribution in [2.75, 3.05) is 4.90 Å². The summed E-state index contributed by atoms with van der Waals surface area (Å²) in [4.78, 5) is 2.40. The minimum absolute atomic E-state index is 0.650. The molecule has 1 aromatic heterocycles. The van der Waals surface area contributed by atoms with Gasteiger partial charge in [0.15, 0.2) is 0 Å². The van der Waals surface area contributed by atoms with Crippen molar-refractivity contribution in [3.63, 3.8) is 0 Å². The van der Waals surface area contributed by atoms with Crippen LogP contribution in [-0.4, -0.2) is 4.57 Å². The monoisotopic (exact) mass is 780 g/mol. The lowest BCUT2D eigenvalue weighted by Crippen LogP contribution is -2.36. The average Bonchev–Trinajstić information content (AvgIpc) is 3.65. The number of nitrogens with zero attached hydrogens (tertiary/aromatic N) is 2. The number of anilines is 3. The summed E-state index contributed by atoms with van der Waals surface area (Å²) in [6.45, 7) is 6.78. The summed E-state index contributed by atoms with van der Waals surface area (Å²) in [5.41, 5.74) is 12.9. The van der Waals surface area contributed by atoms with Gasteiger partial charge in [-0.3, -0.25) is 0 Å². The van der Waals surface area contributed by atoms with E-state index in [0.29, 0.717) is 0 Å². The molecule has 288 valence electrons. The molecule has 12 rings (SSSR count). The van der Waals surface area contributed by atoms with E-state index in [1.54, 1.807) is 0 Å². The highest BCUT2D eigenvalue weighted by Gasteiger charge is 2.49. The molecule has 0 N–H and O–H groups in total. The van der Waals surface area contributed by atoms with E-state index >= 15 is 0 Å². The fourth-order valence-corrected chi connectivity index (χ4v) is 10.4. The van der Waals surface area contributed by atoms with Crippen LogP contribution in [0, 0.1) is 0 Å². The van der Waals surface area contributed by atoms with Crippen molar-refractivity contribution in [3.05, 3.63) is 239 Å². The van der Waals surface area contributed by atoms with Crippen molar-refractivity contribution < 1.29 is 4.74 Å². The van der Waals surface area contributed by atoms with Crippen molar-refractivity contribution in [2.45, 2.75) is 12.3 Å². The van der Waals surface area contributed by atoms with E-state index in [4.69, 9.17) is 11.3 Å². The van der Waals surface area contributed by atoms with E-state index in [9.17, 15) is 0 Å². The van der Waals surface area contributed by atoms with Crippen LogP contribution in [0.1, 0.15) is 29.2 Å². The molecular weight excluding hydrogens is 741 g/mol. The van der Waals surface area contributed by atoms with Gasteiger partial charge in [0.2, 0.25) is 0 Å². The summed E-state index contributed by atoms with van der Waals surface area (Å²) in [7, 11) is 0. The zero-order valence-corrected chi connectivity index (χ0v) is 33.7. The molecule has 0 unspecified atom stereocenters. The predicted octanol–water partition coefficient (Wildman–Crippen LogP) is 13.6.